The number of nitrogens with one attached hydrogen (secondary N) is 2. The molecule has 1 aliphatic heterocycles. The highest BCUT2D eigenvalue weighted by molar-refractivity contribution is 5.52. The molecule has 10 nitrogen and oxygen atoms in total. The Morgan fingerprint density at radius 2 is 1.78 bits per heavy atom. The summed E-state index contributed by atoms with van der Waals surface area (Å²) in [4.78, 5) is 10.5. The van der Waals surface area contributed by atoms with Crippen molar-refractivity contribution in [3.8, 4) is 11.5 Å². The van der Waals surface area contributed by atoms with Gasteiger partial charge in [-0.25, -0.2) is 18.7 Å². The van der Waals surface area contributed by atoms with Crippen molar-refractivity contribution < 1.29 is 13.2 Å². The molecular weight excluding hydrogens is 420 g/mol. The van der Waals surface area contributed by atoms with Gasteiger partial charge in [-0.1, -0.05) is 5.10 Å². The number of hydrogen-bond donors (Lipinski definition) is 2. The molecule has 3 atom stereocenters. The first kappa shape index (κ1) is 18.8. The van der Waals surface area contributed by atoms with Crippen LogP contribution in [0.2, 0.25) is 0 Å². The molecule has 6 rings (SSSR count). The highest BCUT2D eigenvalue weighted by Crippen LogP contribution is 2.58. The van der Waals surface area contributed by atoms with Crippen LogP contribution in [0.25, 0.3) is 11.5 Å². The summed E-state index contributed by atoms with van der Waals surface area (Å²) in [6.45, 7) is 1.86. The third-order valence-corrected chi connectivity index (χ3v) is 5.93. The van der Waals surface area contributed by atoms with E-state index in [-0.39, 0.29) is 6.54 Å². The second-order valence-corrected chi connectivity index (χ2v) is 7.97. The first-order valence-corrected chi connectivity index (χ1v) is 10.1. The molecule has 0 radical (unpaired) electrons. The molecule has 0 spiro atoms. The number of benzene rings is 1. The molecule has 1 aliphatic carbocycles. The first-order chi connectivity index (χ1) is 15.6. The Bertz CT molecular complexity index is 1210. The Hall–Kier alpha value is -3.96. The number of halogens is 2. The molecule has 0 bridgehead atoms. The van der Waals surface area contributed by atoms with Crippen LogP contribution in [0.5, 0.6) is 0 Å². The van der Waals surface area contributed by atoms with Crippen LogP contribution in [0.15, 0.2) is 41.2 Å². The monoisotopic (exact) mass is 437 g/mol. The average molecular weight is 437 g/mol. The summed E-state index contributed by atoms with van der Waals surface area (Å²) < 4.78 is 32.4. The molecule has 1 unspecified atom stereocenters. The standard InChI is InChI=1S/C20H17F2N9O/c21-12-1-10(2-13(22)3-12)4-23-19-24-5-11(6-25-19)18-28-29-20(32-18)31-8-14-15(9-31)17(14)16-7-26-30-27-16/h1-3,5-7,14-15,17H,4,8-9H2,(H,23,24,25)(H,26,27,30)/t14-,15+,17?. The van der Waals surface area contributed by atoms with Crippen molar-refractivity contribution in [1.29, 1.82) is 0 Å². The van der Waals surface area contributed by atoms with E-state index in [1.165, 1.54) is 12.1 Å². The molecule has 4 heterocycles. The molecule has 2 fully saturated rings. The predicted octanol–water partition coefficient (Wildman–Crippen LogP) is 2.38. The van der Waals surface area contributed by atoms with Crippen LogP contribution >= 0.6 is 0 Å². The Labute approximate surface area is 180 Å². The van der Waals surface area contributed by atoms with E-state index in [0.29, 0.717) is 46.7 Å². The maximum Gasteiger partial charge on any atom is 0.318 e. The number of anilines is 2. The van der Waals surface area contributed by atoms with Crippen LogP contribution < -0.4 is 10.2 Å². The van der Waals surface area contributed by atoms with Crippen LogP contribution in [0.1, 0.15) is 17.2 Å². The Morgan fingerprint density at radius 3 is 2.47 bits per heavy atom. The second-order valence-electron chi connectivity index (χ2n) is 7.97. The summed E-state index contributed by atoms with van der Waals surface area (Å²) >= 11 is 0. The van der Waals surface area contributed by atoms with Gasteiger partial charge in [-0.2, -0.15) is 15.4 Å². The van der Waals surface area contributed by atoms with Crippen molar-refractivity contribution in [2.45, 2.75) is 12.5 Å². The highest BCUT2D eigenvalue weighted by Gasteiger charge is 2.58. The van der Waals surface area contributed by atoms with E-state index in [2.05, 4.69) is 45.8 Å². The van der Waals surface area contributed by atoms with Gasteiger partial charge < -0.3 is 14.6 Å². The molecule has 32 heavy (non-hydrogen) atoms. The minimum atomic E-state index is -0.630. The van der Waals surface area contributed by atoms with Crippen molar-refractivity contribution in [2.75, 3.05) is 23.3 Å². The topological polar surface area (TPSA) is 122 Å². The van der Waals surface area contributed by atoms with Crippen molar-refractivity contribution >= 4 is 12.0 Å². The van der Waals surface area contributed by atoms with Crippen LogP contribution in [-0.4, -0.2) is 48.7 Å². The van der Waals surface area contributed by atoms with E-state index < -0.39 is 11.6 Å². The molecule has 2 aliphatic rings. The van der Waals surface area contributed by atoms with Crippen molar-refractivity contribution in [3.63, 3.8) is 0 Å². The fraction of sp³-hybridized carbons (Fsp3) is 0.300. The summed E-state index contributed by atoms with van der Waals surface area (Å²) in [6.07, 6.45) is 4.90. The third-order valence-electron chi connectivity index (χ3n) is 5.93. The molecule has 2 N–H and O–H groups in total. The summed E-state index contributed by atoms with van der Waals surface area (Å²) in [5, 5.41) is 22.0. The van der Waals surface area contributed by atoms with Gasteiger partial charge in [0, 0.05) is 44.0 Å². The van der Waals surface area contributed by atoms with Crippen molar-refractivity contribution in [2.24, 2.45) is 11.8 Å². The van der Waals surface area contributed by atoms with Gasteiger partial charge in [-0.05, 0) is 29.5 Å². The van der Waals surface area contributed by atoms with Gasteiger partial charge in [0.1, 0.15) is 11.6 Å². The summed E-state index contributed by atoms with van der Waals surface area (Å²) in [5.74, 6) is 0.878. The zero-order valence-electron chi connectivity index (χ0n) is 16.6. The lowest BCUT2D eigenvalue weighted by Gasteiger charge is -2.15. The summed E-state index contributed by atoms with van der Waals surface area (Å²) in [5.41, 5.74) is 2.04. The number of rotatable bonds is 6. The van der Waals surface area contributed by atoms with Crippen LogP contribution in [0.4, 0.5) is 20.7 Å². The lowest BCUT2D eigenvalue weighted by molar-refractivity contribution is 0.543. The number of piperidine rings is 1. The number of aromatic amines is 1. The van der Waals surface area contributed by atoms with Crippen molar-refractivity contribution in [3.05, 3.63) is 59.7 Å². The van der Waals surface area contributed by atoms with Gasteiger partial charge in [0.15, 0.2) is 0 Å². The Morgan fingerprint density at radius 1 is 1.03 bits per heavy atom. The zero-order valence-corrected chi connectivity index (χ0v) is 16.6. The van der Waals surface area contributed by atoms with E-state index in [9.17, 15) is 8.78 Å². The smallest absolute Gasteiger partial charge is 0.318 e. The molecular formula is C20H17F2N9O. The number of aromatic nitrogens is 7. The number of H-pyrrole nitrogens is 1. The Balaban J connectivity index is 1.08. The van der Waals surface area contributed by atoms with E-state index >= 15 is 0 Å². The predicted molar refractivity (Wildman–Crippen MR) is 107 cm³/mol. The fourth-order valence-corrected chi connectivity index (χ4v) is 4.38. The minimum absolute atomic E-state index is 0.186. The summed E-state index contributed by atoms with van der Waals surface area (Å²) in [6, 6.07) is 3.80. The molecule has 1 saturated carbocycles. The molecule has 4 aromatic rings. The van der Waals surface area contributed by atoms with Crippen molar-refractivity contribution in [1.82, 2.24) is 35.6 Å². The maximum absolute atomic E-state index is 13.3. The maximum atomic E-state index is 13.3. The third kappa shape index (κ3) is 3.43. The molecule has 3 aromatic heterocycles. The van der Waals surface area contributed by atoms with Gasteiger partial charge in [0.05, 0.1) is 17.5 Å². The Kier molecular flexibility index (Phi) is 4.30. The normalized spacial score (nSPS) is 21.6. The lowest BCUT2D eigenvalue weighted by Crippen LogP contribution is -2.23. The fourth-order valence-electron chi connectivity index (χ4n) is 4.38. The van der Waals surface area contributed by atoms with E-state index in [4.69, 9.17) is 4.42 Å². The highest BCUT2D eigenvalue weighted by atomic mass is 19.1. The quantitative estimate of drug-likeness (QED) is 0.468. The summed E-state index contributed by atoms with van der Waals surface area (Å²) in [7, 11) is 0. The van der Waals surface area contributed by atoms with Gasteiger partial charge in [0.25, 0.3) is 5.89 Å². The molecule has 12 heteroatoms. The average Bonchev–Trinajstić information content (AvgIpc) is 3.32. The second kappa shape index (κ2) is 7.32. The van der Waals surface area contributed by atoms with E-state index in [1.54, 1.807) is 18.6 Å². The van der Waals surface area contributed by atoms with Crippen LogP contribution in [0, 0.1) is 23.5 Å². The van der Waals surface area contributed by atoms with Gasteiger partial charge in [-0.3, -0.25) is 0 Å². The van der Waals surface area contributed by atoms with Gasteiger partial charge >= 0.3 is 6.01 Å². The SMILES string of the molecule is Fc1cc(F)cc(CNc2ncc(-c3nnc(N4C[C@@H]5C(c6cn[nH]n6)[C@@H]5C4)o3)cn2)c1. The number of hydrogen-bond acceptors (Lipinski definition) is 9. The largest absolute Gasteiger partial charge is 0.403 e. The number of fused-ring (bicyclic) bond motifs is 1. The van der Waals surface area contributed by atoms with Crippen LogP contribution in [-0.2, 0) is 6.54 Å². The van der Waals surface area contributed by atoms with E-state index in [1.807, 2.05) is 0 Å². The molecule has 1 saturated heterocycles. The zero-order chi connectivity index (χ0) is 21.7. The molecule has 0 amide bonds. The van der Waals surface area contributed by atoms with E-state index in [0.717, 1.165) is 24.8 Å². The molecule has 162 valence electrons. The van der Waals surface area contributed by atoms with Gasteiger partial charge in [0.2, 0.25) is 5.95 Å². The lowest BCUT2D eigenvalue weighted by atomic mass is 10.2. The minimum Gasteiger partial charge on any atom is -0.403 e. The van der Waals surface area contributed by atoms with Gasteiger partial charge in [-0.15, -0.1) is 5.10 Å². The van der Waals surface area contributed by atoms with Crippen LogP contribution in [0.3, 0.4) is 0 Å². The molecule has 1 aromatic carbocycles. The first-order valence-electron chi connectivity index (χ1n) is 10.1. The number of nitrogens with zero attached hydrogens (tertiary/aromatic N) is 7.